The third-order valence-electron chi connectivity index (χ3n) is 5.90. The monoisotopic (exact) mass is 458 g/mol. The fourth-order valence-corrected chi connectivity index (χ4v) is 4.57. The second-order valence-electron chi connectivity index (χ2n) is 8.05. The number of anilines is 2. The second-order valence-corrected chi connectivity index (χ2v) is 8.49. The van der Waals surface area contributed by atoms with Crippen molar-refractivity contribution in [2.24, 2.45) is 0 Å². The Morgan fingerprint density at radius 2 is 1.73 bits per heavy atom. The minimum atomic E-state index is -0.358. The molecule has 2 aliphatic heterocycles. The lowest BCUT2D eigenvalue weighted by Crippen LogP contribution is -2.34. The molecule has 166 valence electrons. The van der Waals surface area contributed by atoms with Crippen molar-refractivity contribution in [3.63, 3.8) is 0 Å². The molecule has 6 heteroatoms. The molecule has 0 spiro atoms. The van der Waals surface area contributed by atoms with Crippen molar-refractivity contribution < 1.29 is 14.3 Å². The number of carbonyl (C=O) groups is 2. The first-order valence-electron chi connectivity index (χ1n) is 11.1. The van der Waals surface area contributed by atoms with E-state index in [9.17, 15) is 9.59 Å². The molecule has 0 saturated heterocycles. The van der Waals surface area contributed by atoms with Crippen LogP contribution in [0, 0.1) is 0 Å². The molecule has 0 saturated carbocycles. The summed E-state index contributed by atoms with van der Waals surface area (Å²) in [5, 5.41) is 0.465. The highest BCUT2D eigenvalue weighted by Crippen LogP contribution is 2.40. The summed E-state index contributed by atoms with van der Waals surface area (Å²) < 4.78 is 5.69. The van der Waals surface area contributed by atoms with Crippen molar-refractivity contribution in [3.8, 4) is 5.75 Å². The Morgan fingerprint density at radius 3 is 2.48 bits per heavy atom. The van der Waals surface area contributed by atoms with Crippen LogP contribution in [0.1, 0.15) is 24.5 Å². The zero-order chi connectivity index (χ0) is 22.9. The average Bonchev–Trinajstić information content (AvgIpc) is 3.36. The van der Waals surface area contributed by atoms with Gasteiger partial charge in [-0.15, -0.1) is 0 Å². The van der Waals surface area contributed by atoms with Gasteiger partial charge < -0.3 is 9.64 Å². The van der Waals surface area contributed by atoms with Gasteiger partial charge in [0.25, 0.3) is 11.8 Å². The average molecular weight is 459 g/mol. The summed E-state index contributed by atoms with van der Waals surface area (Å²) in [6.07, 6.45) is 1.72. The van der Waals surface area contributed by atoms with Crippen molar-refractivity contribution in [1.29, 1.82) is 0 Å². The highest BCUT2D eigenvalue weighted by atomic mass is 35.5. The Bertz CT molecular complexity index is 1270. The van der Waals surface area contributed by atoms with Crippen LogP contribution in [0.3, 0.4) is 0 Å². The normalized spacial score (nSPS) is 15.5. The van der Waals surface area contributed by atoms with Gasteiger partial charge in [-0.25, -0.2) is 4.90 Å². The van der Waals surface area contributed by atoms with Crippen LogP contribution in [-0.2, 0) is 16.0 Å². The lowest BCUT2D eigenvalue weighted by atomic mass is 10.0. The number of hydrogen-bond acceptors (Lipinski definition) is 4. The second kappa shape index (κ2) is 8.75. The molecule has 0 fully saturated rings. The van der Waals surface area contributed by atoms with Crippen LogP contribution in [0.15, 0.2) is 78.5 Å². The molecular weight excluding hydrogens is 436 g/mol. The van der Waals surface area contributed by atoms with Gasteiger partial charge in [-0.3, -0.25) is 9.59 Å². The van der Waals surface area contributed by atoms with Gasteiger partial charge >= 0.3 is 0 Å². The summed E-state index contributed by atoms with van der Waals surface area (Å²) in [4.78, 5) is 30.7. The molecule has 33 heavy (non-hydrogen) atoms. The van der Waals surface area contributed by atoms with Gasteiger partial charge in [0.05, 0.1) is 17.9 Å². The van der Waals surface area contributed by atoms with Gasteiger partial charge in [0, 0.05) is 17.3 Å². The minimum absolute atomic E-state index is 0.347. The lowest BCUT2D eigenvalue weighted by Gasteiger charge is -2.22. The Morgan fingerprint density at radius 1 is 0.939 bits per heavy atom. The topological polar surface area (TPSA) is 49.9 Å². The van der Waals surface area contributed by atoms with E-state index in [1.54, 1.807) is 24.3 Å². The summed E-state index contributed by atoms with van der Waals surface area (Å²) in [6.45, 7) is 3.31. The molecular formula is C27H23ClN2O3. The number of nitrogens with zero attached hydrogens (tertiary/aromatic N) is 2. The number of rotatable bonds is 6. The zero-order valence-corrected chi connectivity index (χ0v) is 19.0. The predicted octanol–water partition coefficient (Wildman–Crippen LogP) is 5.48. The van der Waals surface area contributed by atoms with Crippen molar-refractivity contribution in [2.75, 3.05) is 23.0 Å². The number of para-hydroxylation sites is 1. The third kappa shape index (κ3) is 3.79. The van der Waals surface area contributed by atoms with Gasteiger partial charge in [0.15, 0.2) is 0 Å². The van der Waals surface area contributed by atoms with Gasteiger partial charge in [-0.1, -0.05) is 54.9 Å². The largest absolute Gasteiger partial charge is 0.494 e. The highest BCUT2D eigenvalue weighted by Gasteiger charge is 2.44. The van der Waals surface area contributed by atoms with E-state index in [2.05, 4.69) is 6.07 Å². The molecule has 0 unspecified atom stereocenters. The van der Waals surface area contributed by atoms with Crippen LogP contribution in [0.2, 0.25) is 5.02 Å². The summed E-state index contributed by atoms with van der Waals surface area (Å²) in [7, 11) is 0. The zero-order valence-electron chi connectivity index (χ0n) is 18.3. The smallest absolute Gasteiger partial charge is 0.282 e. The number of fused-ring (bicyclic) bond motifs is 1. The maximum absolute atomic E-state index is 13.8. The van der Waals surface area contributed by atoms with Crippen molar-refractivity contribution in [1.82, 2.24) is 0 Å². The molecule has 2 amide bonds. The van der Waals surface area contributed by atoms with E-state index in [4.69, 9.17) is 16.3 Å². The number of halogens is 1. The van der Waals surface area contributed by atoms with E-state index in [1.165, 1.54) is 4.90 Å². The van der Waals surface area contributed by atoms with E-state index in [0.717, 1.165) is 29.8 Å². The molecule has 0 N–H and O–H groups in total. The standard InChI is InChI=1S/C27H23ClN2O3/c1-2-16-33-22-12-10-19(11-13-22)24-25(29-15-14-18-6-3-4-9-23(18)29)27(32)30(26(24)31)21-8-5-7-20(28)17-21/h3-13,17H,2,14-16H2,1H3. The molecule has 0 aliphatic carbocycles. The van der Waals surface area contributed by atoms with Crippen molar-refractivity contribution in [3.05, 3.63) is 94.6 Å². The van der Waals surface area contributed by atoms with Crippen LogP contribution in [-0.4, -0.2) is 25.0 Å². The molecule has 3 aromatic carbocycles. The van der Waals surface area contributed by atoms with Gasteiger partial charge in [-0.2, -0.15) is 0 Å². The SMILES string of the molecule is CCCOc1ccc(C2=C(N3CCc4ccccc43)C(=O)N(c3cccc(Cl)c3)C2=O)cc1. The minimum Gasteiger partial charge on any atom is -0.494 e. The molecule has 0 atom stereocenters. The van der Waals surface area contributed by atoms with Crippen LogP contribution < -0.4 is 14.5 Å². The summed E-state index contributed by atoms with van der Waals surface area (Å²) in [6, 6.07) is 22.2. The molecule has 0 bridgehead atoms. The molecule has 3 aromatic rings. The maximum atomic E-state index is 13.8. The predicted molar refractivity (Wildman–Crippen MR) is 131 cm³/mol. The van der Waals surface area contributed by atoms with E-state index in [0.29, 0.717) is 40.7 Å². The number of amides is 2. The molecule has 2 aliphatic rings. The van der Waals surface area contributed by atoms with Gasteiger partial charge in [-0.05, 0) is 60.4 Å². The third-order valence-corrected chi connectivity index (χ3v) is 6.13. The van der Waals surface area contributed by atoms with Crippen LogP contribution in [0.25, 0.3) is 5.57 Å². The first-order valence-corrected chi connectivity index (χ1v) is 11.4. The quantitative estimate of drug-likeness (QED) is 0.459. The number of benzene rings is 3. The lowest BCUT2D eigenvalue weighted by molar-refractivity contribution is -0.120. The first-order chi connectivity index (χ1) is 16.1. The van der Waals surface area contributed by atoms with Crippen LogP contribution in [0.5, 0.6) is 5.75 Å². The number of imide groups is 1. The van der Waals surface area contributed by atoms with E-state index in [1.807, 2.05) is 54.3 Å². The molecule has 0 aromatic heterocycles. The molecule has 0 radical (unpaired) electrons. The Balaban J connectivity index is 1.62. The van der Waals surface area contributed by atoms with Crippen molar-refractivity contribution >= 4 is 40.4 Å². The summed E-state index contributed by atoms with van der Waals surface area (Å²) in [5.41, 5.74) is 4.04. The Hall–Kier alpha value is -3.57. The van der Waals surface area contributed by atoms with Crippen LogP contribution >= 0.6 is 11.6 Å². The summed E-state index contributed by atoms with van der Waals surface area (Å²) in [5.74, 6) is 0.0295. The Kier molecular flexibility index (Phi) is 5.65. The van der Waals surface area contributed by atoms with E-state index >= 15 is 0 Å². The highest BCUT2D eigenvalue weighted by molar-refractivity contribution is 6.46. The van der Waals surface area contributed by atoms with Gasteiger partial charge in [0.2, 0.25) is 0 Å². The number of carbonyl (C=O) groups excluding carboxylic acids is 2. The van der Waals surface area contributed by atoms with Crippen LogP contribution in [0.4, 0.5) is 11.4 Å². The molecule has 5 rings (SSSR count). The maximum Gasteiger partial charge on any atom is 0.282 e. The first kappa shape index (κ1) is 21.3. The number of ether oxygens (including phenoxy) is 1. The fourth-order valence-electron chi connectivity index (χ4n) is 4.39. The van der Waals surface area contributed by atoms with E-state index < -0.39 is 0 Å². The van der Waals surface area contributed by atoms with E-state index in [-0.39, 0.29) is 11.8 Å². The van der Waals surface area contributed by atoms with Crippen molar-refractivity contribution in [2.45, 2.75) is 19.8 Å². The molecule has 2 heterocycles. The molecule has 5 nitrogen and oxygen atoms in total. The van der Waals surface area contributed by atoms with Gasteiger partial charge in [0.1, 0.15) is 11.4 Å². The Labute approximate surface area is 197 Å². The summed E-state index contributed by atoms with van der Waals surface area (Å²) >= 11 is 6.17. The fraction of sp³-hybridized carbons (Fsp3) is 0.185. The number of hydrogen-bond donors (Lipinski definition) is 0.